The third kappa shape index (κ3) is 14.4. The number of aromatic nitrogens is 3. The molecular weight excluding hydrogens is 792 g/mol. The molecule has 57 heavy (non-hydrogen) atoms. The van der Waals surface area contributed by atoms with Crippen LogP contribution in [0.5, 0.6) is 11.5 Å². The summed E-state index contributed by atoms with van der Waals surface area (Å²) in [6.45, 7) is 15.7. The van der Waals surface area contributed by atoms with Crippen molar-refractivity contribution in [3.8, 4) is 11.5 Å². The zero-order valence-corrected chi connectivity index (χ0v) is 35.8. The van der Waals surface area contributed by atoms with Crippen molar-refractivity contribution in [2.75, 3.05) is 36.9 Å². The van der Waals surface area contributed by atoms with E-state index in [1.165, 1.54) is 14.2 Å². The van der Waals surface area contributed by atoms with Crippen molar-refractivity contribution >= 4 is 44.7 Å². The van der Waals surface area contributed by atoms with Crippen LogP contribution >= 0.6 is 11.5 Å². The molecule has 20 heteroatoms. The highest BCUT2D eigenvalue weighted by atomic mass is 32.2. The molecule has 1 aromatic carbocycles. The van der Waals surface area contributed by atoms with E-state index >= 15 is 0 Å². The minimum Gasteiger partial charge on any atom is -0.497 e. The third-order valence-electron chi connectivity index (χ3n) is 8.40. The lowest BCUT2D eigenvalue weighted by molar-refractivity contribution is -0.137. The van der Waals surface area contributed by atoms with Gasteiger partial charge in [0.2, 0.25) is 5.13 Å². The van der Waals surface area contributed by atoms with E-state index in [0.717, 1.165) is 28.4 Å². The molecule has 0 bridgehead atoms. The minimum absolute atomic E-state index is 0.0955. The molecule has 0 aliphatic heterocycles. The second-order valence-electron chi connectivity index (χ2n) is 16.1. The molecule has 2 heterocycles. The summed E-state index contributed by atoms with van der Waals surface area (Å²) in [6.07, 6.45) is -3.51. The number of pyridine rings is 1. The Morgan fingerprint density at radius 3 is 2.14 bits per heavy atom. The average molecular weight is 846 g/mol. The van der Waals surface area contributed by atoms with Crippen molar-refractivity contribution < 1.29 is 50.1 Å². The third-order valence-corrected chi connectivity index (χ3v) is 10.9. The molecule has 3 rings (SSSR count). The van der Waals surface area contributed by atoms with Crippen LogP contribution in [0.1, 0.15) is 86.3 Å². The number of halogens is 3. The second-order valence-corrected chi connectivity index (χ2v) is 18.7. The molecule has 2 amide bonds. The van der Waals surface area contributed by atoms with Crippen LogP contribution < -0.4 is 29.7 Å². The molecule has 0 saturated heterocycles. The van der Waals surface area contributed by atoms with Crippen molar-refractivity contribution in [3.63, 3.8) is 0 Å². The van der Waals surface area contributed by atoms with Gasteiger partial charge in [0.25, 0.3) is 10.0 Å². The lowest BCUT2D eigenvalue weighted by Gasteiger charge is -2.34. The molecule has 2 aromatic heterocycles. The molecule has 3 aromatic rings. The van der Waals surface area contributed by atoms with E-state index in [1.54, 1.807) is 66.7 Å². The highest BCUT2D eigenvalue weighted by molar-refractivity contribution is 7.93. The second kappa shape index (κ2) is 18.8. The lowest BCUT2D eigenvalue weighted by atomic mass is 9.77. The fourth-order valence-corrected chi connectivity index (χ4v) is 7.74. The van der Waals surface area contributed by atoms with E-state index in [2.05, 4.69) is 30.3 Å². The molecule has 318 valence electrons. The smallest absolute Gasteiger partial charge is 0.419 e. The number of carbonyl (C=O) groups excluding carboxylic acids is 2. The van der Waals surface area contributed by atoms with Gasteiger partial charge in [-0.2, -0.15) is 17.5 Å². The number of amides is 2. The number of nitrogens with zero attached hydrogens (tertiary/aromatic N) is 4. The first-order valence-corrected chi connectivity index (χ1v) is 20.2. The first-order valence-electron chi connectivity index (χ1n) is 18.0. The zero-order valence-electron chi connectivity index (χ0n) is 34.2. The summed E-state index contributed by atoms with van der Waals surface area (Å²) in [5.41, 5.74) is -2.93. The van der Waals surface area contributed by atoms with E-state index in [9.17, 15) is 31.2 Å². The first kappa shape index (κ1) is 46.8. The van der Waals surface area contributed by atoms with Crippen LogP contribution in [0.3, 0.4) is 0 Å². The monoisotopic (exact) mass is 845 g/mol. The molecular formula is C37H54F3N7O8S2. The van der Waals surface area contributed by atoms with Gasteiger partial charge >= 0.3 is 18.4 Å². The Morgan fingerprint density at radius 2 is 1.58 bits per heavy atom. The summed E-state index contributed by atoms with van der Waals surface area (Å²) in [6, 6.07) is 4.61. The Morgan fingerprint density at radius 1 is 0.930 bits per heavy atom. The largest absolute Gasteiger partial charge is 0.497 e. The minimum atomic E-state index is -5.03. The average Bonchev–Trinajstić information content (AvgIpc) is 3.61. The summed E-state index contributed by atoms with van der Waals surface area (Å²) in [5.74, 6) is -0.397. The van der Waals surface area contributed by atoms with Crippen molar-refractivity contribution in [1.29, 1.82) is 0 Å². The van der Waals surface area contributed by atoms with E-state index in [0.29, 0.717) is 30.2 Å². The van der Waals surface area contributed by atoms with Gasteiger partial charge in [-0.1, -0.05) is 13.8 Å². The van der Waals surface area contributed by atoms with Crippen LogP contribution in [-0.2, 0) is 32.2 Å². The van der Waals surface area contributed by atoms with Crippen molar-refractivity contribution in [1.82, 2.24) is 25.0 Å². The van der Waals surface area contributed by atoms with E-state index < -0.39 is 73.2 Å². The van der Waals surface area contributed by atoms with E-state index in [1.807, 2.05) is 13.8 Å². The number of alkyl carbamates (subject to hydrolysis) is 2. The van der Waals surface area contributed by atoms with Crippen LogP contribution in [0.4, 0.5) is 33.7 Å². The summed E-state index contributed by atoms with van der Waals surface area (Å²) >= 11 is 0.739. The van der Waals surface area contributed by atoms with Crippen LogP contribution in [0.25, 0.3) is 0 Å². The maximum absolute atomic E-state index is 14.7. The first-order chi connectivity index (χ1) is 26.2. The van der Waals surface area contributed by atoms with Gasteiger partial charge in [0.15, 0.2) is 0 Å². The number of benzene rings is 1. The molecule has 0 radical (unpaired) electrons. The van der Waals surface area contributed by atoms with Gasteiger partial charge in [0.05, 0.1) is 26.3 Å². The Balaban J connectivity index is 1.95. The lowest BCUT2D eigenvalue weighted by Crippen LogP contribution is -2.44. The molecule has 0 saturated carbocycles. The van der Waals surface area contributed by atoms with E-state index in [4.69, 9.17) is 18.9 Å². The Labute approximate surface area is 336 Å². The van der Waals surface area contributed by atoms with Crippen LogP contribution in [-0.4, -0.2) is 79.5 Å². The summed E-state index contributed by atoms with van der Waals surface area (Å²) in [5, 5.41) is 8.19. The predicted octanol–water partition coefficient (Wildman–Crippen LogP) is 7.64. The number of methoxy groups -OCH3 is 2. The molecule has 2 atom stereocenters. The summed E-state index contributed by atoms with van der Waals surface area (Å²) in [7, 11) is -1.88. The van der Waals surface area contributed by atoms with Gasteiger partial charge < -0.3 is 34.9 Å². The SMILES string of the molecule is COc1ccc(CN(c2ncns2)S(=O)(=O)c2cnc(NC[C@H](CC(C)(C)CCNC(=O)OC(C)(C)C)[C@@H](C)NC(=O)OC(C)(C)C)c(C(F)(F)F)c2)c(OC)c1. The number of hydrogen-bond donors (Lipinski definition) is 3. The molecule has 15 nitrogen and oxygen atoms in total. The normalized spacial score (nSPS) is 13.6. The highest BCUT2D eigenvalue weighted by Crippen LogP contribution is 2.38. The van der Waals surface area contributed by atoms with E-state index in [-0.39, 0.29) is 30.5 Å². The van der Waals surface area contributed by atoms with Crippen LogP contribution in [0.2, 0.25) is 0 Å². The van der Waals surface area contributed by atoms with Gasteiger partial charge in [-0.3, -0.25) is 0 Å². The van der Waals surface area contributed by atoms with Crippen LogP contribution in [0, 0.1) is 11.3 Å². The highest BCUT2D eigenvalue weighted by Gasteiger charge is 2.38. The maximum Gasteiger partial charge on any atom is 0.419 e. The van der Waals surface area contributed by atoms with Gasteiger partial charge in [0, 0.05) is 48.5 Å². The van der Waals surface area contributed by atoms with Crippen molar-refractivity contribution in [2.45, 2.75) is 110 Å². The number of hydrogen-bond acceptors (Lipinski definition) is 13. The Bertz CT molecular complexity index is 1920. The van der Waals surface area contributed by atoms with Crippen LogP contribution in [0.15, 0.2) is 41.7 Å². The number of anilines is 2. The summed E-state index contributed by atoms with van der Waals surface area (Å²) in [4.78, 5) is 32.3. The number of ether oxygens (including phenoxy) is 4. The standard InChI is InChI=1S/C37H54F3N7O8S2/c1-23(46-33(49)55-35(5,6)7)25(18-36(8,9)14-15-41-32(48)54-34(2,3)4)19-42-30-28(37(38,39)40)17-27(20-43-30)57(50,51)47(31-44-22-45-56-31)21-24-12-13-26(52-10)16-29(24)53-11/h12-13,16-17,20,22-23,25H,14-15,18-19,21H2,1-11H3,(H,41,48)(H,42,43)(H,46,49)/t23-,25+/m1/s1. The van der Waals surface area contributed by atoms with Gasteiger partial charge in [-0.15, -0.1) is 0 Å². The topological polar surface area (TPSA) is 183 Å². The quantitative estimate of drug-likeness (QED) is 0.121. The summed E-state index contributed by atoms with van der Waals surface area (Å²) < 4.78 is 98.6. The molecule has 3 N–H and O–H groups in total. The molecule has 0 aliphatic carbocycles. The molecule has 0 spiro atoms. The molecule has 0 fully saturated rings. The fraction of sp³-hybridized carbons (Fsp3) is 0.595. The Hall–Kier alpha value is -4.59. The predicted molar refractivity (Wildman–Crippen MR) is 210 cm³/mol. The number of nitrogens with one attached hydrogen (secondary N) is 3. The van der Waals surface area contributed by atoms with Crippen molar-refractivity contribution in [3.05, 3.63) is 47.9 Å². The fourth-order valence-electron chi connectivity index (χ4n) is 5.63. The van der Waals surface area contributed by atoms with Gasteiger partial charge in [0.1, 0.15) is 39.7 Å². The van der Waals surface area contributed by atoms with Crippen molar-refractivity contribution in [2.24, 2.45) is 11.3 Å². The molecule has 0 unspecified atom stereocenters. The van der Waals surface area contributed by atoms with Gasteiger partial charge in [-0.05, 0) is 90.8 Å². The number of alkyl halides is 3. The van der Waals surface area contributed by atoms with Gasteiger partial charge in [-0.25, -0.2) is 32.3 Å². The number of sulfonamides is 1. The maximum atomic E-state index is 14.7. The zero-order chi connectivity index (χ0) is 43.0. The molecule has 0 aliphatic rings. The Kier molecular flexibility index (Phi) is 15.4. The number of carbonyl (C=O) groups is 2. The number of rotatable bonds is 17.